The number of aromatic nitrogens is 1. The molecule has 118 valence electrons. The summed E-state index contributed by atoms with van der Waals surface area (Å²) in [6.07, 6.45) is -1.51. The van der Waals surface area contributed by atoms with E-state index in [4.69, 9.17) is 5.84 Å². The van der Waals surface area contributed by atoms with E-state index in [1.54, 1.807) is 0 Å². The lowest BCUT2D eigenvalue weighted by molar-refractivity contribution is -0.137. The number of nitrogen functional groups attached to an aromatic ring is 1. The minimum absolute atomic E-state index is 0.0440. The van der Waals surface area contributed by atoms with Gasteiger partial charge in [-0.25, -0.2) is 10.8 Å². The quantitative estimate of drug-likeness (QED) is 0.495. The number of nitrogens with zero attached hydrogens (tertiary/aromatic N) is 1. The average Bonchev–Trinajstić information content (AvgIpc) is 2.91. The molecule has 0 saturated heterocycles. The van der Waals surface area contributed by atoms with Crippen LogP contribution in [0.15, 0.2) is 12.1 Å². The first kappa shape index (κ1) is 15.8. The van der Waals surface area contributed by atoms with Crippen LogP contribution in [-0.4, -0.2) is 23.2 Å². The van der Waals surface area contributed by atoms with Gasteiger partial charge in [-0.2, -0.15) is 13.2 Å². The highest BCUT2D eigenvalue weighted by Gasteiger charge is 2.32. The van der Waals surface area contributed by atoms with E-state index in [1.807, 2.05) is 0 Å². The van der Waals surface area contributed by atoms with E-state index in [0.29, 0.717) is 6.54 Å². The van der Waals surface area contributed by atoms with Crippen LogP contribution >= 0.6 is 0 Å². The summed E-state index contributed by atoms with van der Waals surface area (Å²) >= 11 is 0. The van der Waals surface area contributed by atoms with Gasteiger partial charge in [-0.15, -0.1) is 0 Å². The molecule has 1 aliphatic carbocycles. The van der Waals surface area contributed by atoms with Crippen molar-refractivity contribution in [1.29, 1.82) is 0 Å². The molecule has 0 bridgehead atoms. The zero-order valence-corrected chi connectivity index (χ0v) is 11.5. The number of alkyl halides is 3. The Morgan fingerprint density at radius 2 is 1.90 bits per heavy atom. The fourth-order valence-corrected chi connectivity index (χ4v) is 2.72. The SMILES string of the molecule is NNc1cc(C(F)(F)F)cc(NCC2CCCC2CO)n1. The van der Waals surface area contributed by atoms with Crippen molar-refractivity contribution in [3.05, 3.63) is 17.7 Å². The van der Waals surface area contributed by atoms with Crippen LogP contribution in [0.5, 0.6) is 0 Å². The number of aliphatic hydroxyl groups is 1. The zero-order valence-electron chi connectivity index (χ0n) is 11.5. The molecule has 0 spiro atoms. The second kappa shape index (κ2) is 6.48. The van der Waals surface area contributed by atoms with Gasteiger partial charge in [-0.05, 0) is 36.8 Å². The summed E-state index contributed by atoms with van der Waals surface area (Å²) in [4.78, 5) is 3.97. The van der Waals surface area contributed by atoms with E-state index in [1.165, 1.54) is 0 Å². The lowest BCUT2D eigenvalue weighted by Crippen LogP contribution is -2.22. The molecule has 5 nitrogen and oxygen atoms in total. The number of rotatable bonds is 5. The van der Waals surface area contributed by atoms with E-state index < -0.39 is 11.7 Å². The van der Waals surface area contributed by atoms with Gasteiger partial charge >= 0.3 is 6.18 Å². The van der Waals surface area contributed by atoms with Crippen molar-refractivity contribution in [3.63, 3.8) is 0 Å². The molecule has 0 amide bonds. The van der Waals surface area contributed by atoms with Crippen LogP contribution in [0.3, 0.4) is 0 Å². The summed E-state index contributed by atoms with van der Waals surface area (Å²) in [5, 5.41) is 12.2. The Kier molecular flexibility index (Phi) is 4.89. The number of aliphatic hydroxyl groups excluding tert-OH is 1. The van der Waals surface area contributed by atoms with Crippen molar-refractivity contribution in [2.45, 2.75) is 25.4 Å². The summed E-state index contributed by atoms with van der Waals surface area (Å²) in [5.74, 6) is 5.69. The van der Waals surface area contributed by atoms with Gasteiger partial charge < -0.3 is 15.8 Å². The molecule has 1 heterocycles. The number of hydrazine groups is 1. The van der Waals surface area contributed by atoms with Crippen LogP contribution in [0.25, 0.3) is 0 Å². The molecule has 0 radical (unpaired) electrons. The number of hydrogen-bond acceptors (Lipinski definition) is 5. The molecular formula is C13H19F3N4O. The summed E-state index contributed by atoms with van der Waals surface area (Å²) < 4.78 is 38.4. The monoisotopic (exact) mass is 304 g/mol. The fraction of sp³-hybridized carbons (Fsp3) is 0.615. The summed E-state index contributed by atoms with van der Waals surface area (Å²) in [7, 11) is 0. The zero-order chi connectivity index (χ0) is 15.5. The maximum atomic E-state index is 12.8. The molecule has 2 atom stereocenters. The third-order valence-electron chi connectivity index (χ3n) is 3.90. The van der Waals surface area contributed by atoms with Gasteiger partial charge in [0.15, 0.2) is 0 Å². The van der Waals surface area contributed by atoms with Crippen LogP contribution in [-0.2, 0) is 6.18 Å². The maximum absolute atomic E-state index is 12.8. The lowest BCUT2D eigenvalue weighted by Gasteiger charge is -2.19. The lowest BCUT2D eigenvalue weighted by atomic mass is 9.97. The van der Waals surface area contributed by atoms with Crippen molar-refractivity contribution in [2.75, 3.05) is 23.9 Å². The highest BCUT2D eigenvalue weighted by atomic mass is 19.4. The Hall–Kier alpha value is -1.54. The maximum Gasteiger partial charge on any atom is 0.416 e. The highest BCUT2D eigenvalue weighted by molar-refractivity contribution is 5.49. The van der Waals surface area contributed by atoms with E-state index in [9.17, 15) is 18.3 Å². The van der Waals surface area contributed by atoms with Gasteiger partial charge in [0.2, 0.25) is 0 Å². The first-order valence-electron chi connectivity index (χ1n) is 6.84. The Balaban J connectivity index is 2.09. The minimum Gasteiger partial charge on any atom is -0.396 e. The number of pyridine rings is 1. The van der Waals surface area contributed by atoms with Gasteiger partial charge in [0.05, 0.1) is 5.56 Å². The number of hydrogen-bond donors (Lipinski definition) is 4. The predicted octanol–water partition coefficient (Wildman–Crippen LogP) is 2.21. The van der Waals surface area contributed by atoms with Crippen LogP contribution in [0.4, 0.5) is 24.8 Å². The number of anilines is 2. The van der Waals surface area contributed by atoms with Crippen LogP contribution in [0.1, 0.15) is 24.8 Å². The molecule has 0 aromatic carbocycles. The van der Waals surface area contributed by atoms with Gasteiger partial charge in [-0.1, -0.05) is 6.42 Å². The number of halogens is 3. The third kappa shape index (κ3) is 3.98. The molecule has 1 saturated carbocycles. The Labute approximate surface area is 120 Å². The molecule has 1 aromatic heterocycles. The van der Waals surface area contributed by atoms with Crippen molar-refractivity contribution in [2.24, 2.45) is 17.7 Å². The van der Waals surface area contributed by atoms with E-state index in [-0.39, 0.29) is 30.1 Å². The first-order chi connectivity index (χ1) is 9.94. The second-order valence-electron chi connectivity index (χ2n) is 5.28. The van der Waals surface area contributed by atoms with E-state index in [0.717, 1.165) is 31.4 Å². The Morgan fingerprint density at radius 1 is 1.24 bits per heavy atom. The van der Waals surface area contributed by atoms with Crippen molar-refractivity contribution in [1.82, 2.24) is 4.98 Å². The summed E-state index contributed by atoms with van der Waals surface area (Å²) in [6, 6.07) is 1.82. The summed E-state index contributed by atoms with van der Waals surface area (Å²) in [5.41, 5.74) is 1.33. The molecule has 1 fully saturated rings. The molecule has 1 aliphatic rings. The largest absolute Gasteiger partial charge is 0.416 e. The average molecular weight is 304 g/mol. The van der Waals surface area contributed by atoms with Crippen LogP contribution in [0, 0.1) is 11.8 Å². The van der Waals surface area contributed by atoms with E-state index in [2.05, 4.69) is 15.7 Å². The second-order valence-corrected chi connectivity index (χ2v) is 5.28. The third-order valence-corrected chi connectivity index (χ3v) is 3.90. The Bertz CT molecular complexity index is 481. The normalized spacial score (nSPS) is 22.3. The topological polar surface area (TPSA) is 83.2 Å². The molecule has 2 rings (SSSR count). The van der Waals surface area contributed by atoms with Crippen molar-refractivity contribution >= 4 is 11.6 Å². The van der Waals surface area contributed by atoms with Crippen LogP contribution in [0.2, 0.25) is 0 Å². The molecule has 1 aromatic rings. The van der Waals surface area contributed by atoms with Gasteiger partial charge in [-0.3, -0.25) is 0 Å². The van der Waals surface area contributed by atoms with Gasteiger partial charge in [0, 0.05) is 13.2 Å². The van der Waals surface area contributed by atoms with E-state index >= 15 is 0 Å². The van der Waals surface area contributed by atoms with Crippen LogP contribution < -0.4 is 16.6 Å². The van der Waals surface area contributed by atoms with Gasteiger partial charge in [0.1, 0.15) is 11.6 Å². The molecule has 0 aliphatic heterocycles. The molecule has 5 N–H and O–H groups in total. The number of nitrogens with two attached hydrogens (primary N) is 1. The molecule has 2 unspecified atom stereocenters. The smallest absolute Gasteiger partial charge is 0.396 e. The minimum atomic E-state index is -4.45. The van der Waals surface area contributed by atoms with Crippen molar-refractivity contribution in [3.8, 4) is 0 Å². The highest BCUT2D eigenvalue weighted by Crippen LogP contribution is 2.33. The van der Waals surface area contributed by atoms with Gasteiger partial charge in [0.25, 0.3) is 0 Å². The molecule has 8 heteroatoms. The molecular weight excluding hydrogens is 285 g/mol. The molecule has 21 heavy (non-hydrogen) atoms. The fourth-order valence-electron chi connectivity index (χ4n) is 2.72. The van der Waals surface area contributed by atoms with Crippen molar-refractivity contribution < 1.29 is 18.3 Å². The standard InChI is InChI=1S/C13H19F3N4O/c14-13(15,16)10-4-11(19-12(5-10)20-17)18-6-8-2-1-3-9(8)7-21/h4-5,8-9,21H,1-3,6-7,17H2,(H2,18,19,20). The first-order valence-corrected chi connectivity index (χ1v) is 6.84. The number of nitrogens with one attached hydrogen (secondary N) is 2. The summed E-state index contributed by atoms with van der Waals surface area (Å²) in [6.45, 7) is 0.599. The predicted molar refractivity (Wildman–Crippen MR) is 73.5 cm³/mol. The Morgan fingerprint density at radius 3 is 2.52 bits per heavy atom.